The van der Waals surface area contributed by atoms with Crippen LogP contribution in [0.2, 0.25) is 0 Å². The van der Waals surface area contributed by atoms with E-state index in [0.717, 1.165) is 0 Å². The molecule has 0 fully saturated rings. The van der Waals surface area contributed by atoms with Gasteiger partial charge in [0.1, 0.15) is 0 Å². The summed E-state index contributed by atoms with van der Waals surface area (Å²) in [6.45, 7) is 0.188. The zero-order chi connectivity index (χ0) is 12.4. The molecule has 98 valence electrons. The Labute approximate surface area is 102 Å². The largest absolute Gasteiger partial charge is 0.396 e. The van der Waals surface area contributed by atoms with E-state index in [0.29, 0.717) is 25.1 Å². The van der Waals surface area contributed by atoms with Gasteiger partial charge in [-0.1, -0.05) is 0 Å². The lowest BCUT2D eigenvalue weighted by Crippen LogP contribution is -2.39. The van der Waals surface area contributed by atoms with Crippen LogP contribution in [0.15, 0.2) is 0 Å². The van der Waals surface area contributed by atoms with Crippen molar-refractivity contribution in [3.63, 3.8) is 0 Å². The van der Waals surface area contributed by atoms with Crippen molar-refractivity contribution in [3.8, 4) is 0 Å². The molecule has 0 aromatic carbocycles. The fourth-order valence-corrected chi connectivity index (χ4v) is 2.82. The van der Waals surface area contributed by atoms with Crippen molar-refractivity contribution in [2.75, 3.05) is 32.0 Å². The SMILES string of the molecule is COCC(CCO)NS(=O)(=O)CCCCCl. The first-order valence-corrected chi connectivity index (χ1v) is 7.40. The van der Waals surface area contributed by atoms with E-state index in [1.807, 2.05) is 0 Å². The molecule has 0 amide bonds. The number of hydrogen-bond donors (Lipinski definition) is 2. The van der Waals surface area contributed by atoms with Crippen LogP contribution in [-0.2, 0) is 14.8 Å². The highest BCUT2D eigenvalue weighted by Gasteiger charge is 2.16. The number of aliphatic hydroxyl groups is 1. The second-order valence-electron chi connectivity index (χ2n) is 3.50. The van der Waals surface area contributed by atoms with Gasteiger partial charge in [-0.15, -0.1) is 11.6 Å². The van der Waals surface area contributed by atoms with Crippen LogP contribution >= 0.6 is 11.6 Å². The van der Waals surface area contributed by atoms with Gasteiger partial charge in [-0.05, 0) is 19.3 Å². The molecule has 7 heteroatoms. The number of hydrogen-bond acceptors (Lipinski definition) is 4. The number of ether oxygens (including phenoxy) is 1. The summed E-state index contributed by atoms with van der Waals surface area (Å²) in [4.78, 5) is 0. The molecule has 0 aromatic rings. The van der Waals surface area contributed by atoms with Crippen molar-refractivity contribution in [2.24, 2.45) is 0 Å². The summed E-state index contributed by atoms with van der Waals surface area (Å²) in [5.41, 5.74) is 0. The Morgan fingerprint density at radius 3 is 2.62 bits per heavy atom. The minimum Gasteiger partial charge on any atom is -0.396 e. The Hall–Kier alpha value is 0.120. The summed E-state index contributed by atoms with van der Waals surface area (Å²) in [5, 5.41) is 8.77. The molecular weight excluding hydrogens is 254 g/mol. The van der Waals surface area contributed by atoms with Crippen LogP contribution < -0.4 is 4.72 Å². The van der Waals surface area contributed by atoms with Crippen molar-refractivity contribution in [1.29, 1.82) is 0 Å². The third kappa shape index (κ3) is 8.29. The summed E-state index contributed by atoms with van der Waals surface area (Å²) >= 11 is 5.47. The second kappa shape index (κ2) is 9.18. The van der Waals surface area contributed by atoms with Gasteiger partial charge in [-0.25, -0.2) is 13.1 Å². The Morgan fingerprint density at radius 2 is 2.12 bits per heavy atom. The van der Waals surface area contributed by atoms with E-state index in [-0.39, 0.29) is 25.0 Å². The van der Waals surface area contributed by atoms with Gasteiger partial charge < -0.3 is 9.84 Å². The molecule has 0 rings (SSSR count). The maximum Gasteiger partial charge on any atom is 0.211 e. The predicted molar refractivity (Wildman–Crippen MR) is 64.2 cm³/mol. The van der Waals surface area contributed by atoms with Gasteiger partial charge in [-0.2, -0.15) is 0 Å². The van der Waals surface area contributed by atoms with Gasteiger partial charge in [0.25, 0.3) is 0 Å². The Kier molecular flexibility index (Phi) is 9.25. The van der Waals surface area contributed by atoms with Crippen molar-refractivity contribution in [1.82, 2.24) is 4.72 Å². The second-order valence-corrected chi connectivity index (χ2v) is 5.75. The number of methoxy groups -OCH3 is 1. The maximum atomic E-state index is 11.6. The fraction of sp³-hybridized carbons (Fsp3) is 1.00. The van der Waals surface area contributed by atoms with Gasteiger partial charge >= 0.3 is 0 Å². The molecule has 0 saturated carbocycles. The molecule has 0 aliphatic heterocycles. The predicted octanol–water partition coefficient (Wildman–Crippen LogP) is 0.322. The van der Waals surface area contributed by atoms with Gasteiger partial charge in [0, 0.05) is 25.6 Å². The molecule has 0 heterocycles. The molecule has 1 unspecified atom stereocenters. The third-order valence-electron chi connectivity index (χ3n) is 1.99. The molecule has 1 atom stereocenters. The number of sulfonamides is 1. The summed E-state index contributed by atoms with van der Waals surface area (Å²) < 4.78 is 30.5. The van der Waals surface area contributed by atoms with E-state index < -0.39 is 10.0 Å². The van der Waals surface area contributed by atoms with E-state index in [4.69, 9.17) is 21.4 Å². The van der Waals surface area contributed by atoms with Gasteiger partial charge in [0.2, 0.25) is 10.0 Å². The molecule has 5 nitrogen and oxygen atoms in total. The summed E-state index contributed by atoms with van der Waals surface area (Å²) in [6, 6.07) is -0.365. The van der Waals surface area contributed by atoms with Crippen LogP contribution in [0.4, 0.5) is 0 Å². The maximum absolute atomic E-state index is 11.6. The summed E-state index contributed by atoms with van der Waals surface area (Å²) in [5.74, 6) is 0.527. The van der Waals surface area contributed by atoms with Crippen LogP contribution in [0, 0.1) is 0 Å². The molecule has 0 bridgehead atoms. The molecule has 0 aliphatic rings. The molecule has 2 N–H and O–H groups in total. The summed E-state index contributed by atoms with van der Waals surface area (Å²) in [6.07, 6.45) is 1.57. The van der Waals surface area contributed by atoms with E-state index in [1.165, 1.54) is 7.11 Å². The zero-order valence-electron chi connectivity index (χ0n) is 9.49. The minimum atomic E-state index is -3.30. The fourth-order valence-electron chi connectivity index (χ4n) is 1.23. The lowest BCUT2D eigenvalue weighted by molar-refractivity contribution is 0.158. The lowest BCUT2D eigenvalue weighted by atomic mass is 10.2. The van der Waals surface area contributed by atoms with Gasteiger partial charge in [0.05, 0.1) is 12.4 Å². The topological polar surface area (TPSA) is 75.6 Å². The molecule has 0 aromatic heterocycles. The third-order valence-corrected chi connectivity index (χ3v) is 3.77. The van der Waals surface area contributed by atoms with Crippen LogP contribution in [0.1, 0.15) is 19.3 Å². The Bertz CT molecular complexity index is 252. The first-order chi connectivity index (χ1) is 7.55. The average molecular weight is 274 g/mol. The zero-order valence-corrected chi connectivity index (χ0v) is 11.1. The van der Waals surface area contributed by atoms with E-state index in [9.17, 15) is 8.42 Å². The van der Waals surface area contributed by atoms with Gasteiger partial charge in [0.15, 0.2) is 0 Å². The first-order valence-electron chi connectivity index (χ1n) is 5.21. The molecular formula is C9H20ClNO4S. The Balaban J connectivity index is 4.08. The smallest absolute Gasteiger partial charge is 0.211 e. The minimum absolute atomic E-state index is 0.0609. The number of halogens is 1. The lowest BCUT2D eigenvalue weighted by Gasteiger charge is -2.16. The number of nitrogens with one attached hydrogen (secondary N) is 1. The van der Waals surface area contributed by atoms with Crippen LogP contribution in [0.3, 0.4) is 0 Å². The number of aliphatic hydroxyl groups excluding tert-OH is 1. The number of alkyl halides is 1. The molecule has 0 saturated heterocycles. The summed E-state index contributed by atoms with van der Waals surface area (Å²) in [7, 11) is -1.80. The van der Waals surface area contributed by atoms with E-state index in [2.05, 4.69) is 4.72 Å². The van der Waals surface area contributed by atoms with Crippen molar-refractivity contribution < 1.29 is 18.3 Å². The van der Waals surface area contributed by atoms with E-state index in [1.54, 1.807) is 0 Å². The van der Waals surface area contributed by atoms with Crippen LogP contribution in [0.5, 0.6) is 0 Å². The highest BCUT2D eigenvalue weighted by Crippen LogP contribution is 2.00. The number of rotatable bonds is 10. The standard InChI is InChI=1S/C9H20ClNO4S/c1-15-8-9(4-6-12)11-16(13,14)7-3-2-5-10/h9,11-12H,2-8H2,1H3. The van der Waals surface area contributed by atoms with Gasteiger partial charge in [-0.3, -0.25) is 0 Å². The molecule has 16 heavy (non-hydrogen) atoms. The van der Waals surface area contributed by atoms with Crippen LogP contribution in [0.25, 0.3) is 0 Å². The average Bonchev–Trinajstić information content (AvgIpc) is 2.18. The normalized spacial score (nSPS) is 13.9. The highest BCUT2D eigenvalue weighted by atomic mass is 35.5. The van der Waals surface area contributed by atoms with Crippen molar-refractivity contribution in [2.45, 2.75) is 25.3 Å². The number of unbranched alkanes of at least 4 members (excludes halogenated alkanes) is 1. The first kappa shape index (κ1) is 16.1. The van der Waals surface area contributed by atoms with E-state index >= 15 is 0 Å². The van der Waals surface area contributed by atoms with Crippen molar-refractivity contribution >= 4 is 21.6 Å². The van der Waals surface area contributed by atoms with Crippen LogP contribution in [-0.4, -0.2) is 51.5 Å². The molecule has 0 radical (unpaired) electrons. The van der Waals surface area contributed by atoms with Crippen molar-refractivity contribution in [3.05, 3.63) is 0 Å². The highest BCUT2D eigenvalue weighted by molar-refractivity contribution is 7.89. The quantitative estimate of drug-likeness (QED) is 0.444. The monoisotopic (exact) mass is 273 g/mol. The Morgan fingerprint density at radius 1 is 1.44 bits per heavy atom. The molecule has 0 spiro atoms. The molecule has 0 aliphatic carbocycles.